The molecular weight excluding hydrogens is 328 g/mol. The summed E-state index contributed by atoms with van der Waals surface area (Å²) in [6.45, 7) is 6.05. The van der Waals surface area contributed by atoms with Crippen molar-refractivity contribution in [2.75, 3.05) is 0 Å². The second-order valence-corrected chi connectivity index (χ2v) is 6.56. The summed E-state index contributed by atoms with van der Waals surface area (Å²) in [4.78, 5) is 29.8. The maximum absolute atomic E-state index is 12.0. The van der Waals surface area contributed by atoms with E-state index >= 15 is 0 Å². The van der Waals surface area contributed by atoms with Crippen molar-refractivity contribution in [2.24, 2.45) is 0 Å². The van der Waals surface area contributed by atoms with E-state index in [9.17, 15) is 9.59 Å². The van der Waals surface area contributed by atoms with Gasteiger partial charge in [-0.1, -0.05) is 19.0 Å². The Hall–Kier alpha value is -2.22. The lowest BCUT2D eigenvalue weighted by molar-refractivity contribution is -0.121. The Balaban J connectivity index is 1.76. The first-order chi connectivity index (χ1) is 11.5. The van der Waals surface area contributed by atoms with Crippen LogP contribution in [0.3, 0.4) is 0 Å². The van der Waals surface area contributed by atoms with E-state index in [2.05, 4.69) is 21.0 Å². The number of carbonyl (C=O) groups excluding carboxylic acids is 2. The second-order valence-electron chi connectivity index (χ2n) is 5.43. The molecular formula is C16H22N4O3S. The number of rotatable bonds is 7. The largest absolute Gasteiger partial charge is 0.339 e. The minimum atomic E-state index is -0.306. The molecule has 0 atom stereocenters. The van der Waals surface area contributed by atoms with Gasteiger partial charge in [0.15, 0.2) is 5.82 Å². The van der Waals surface area contributed by atoms with E-state index in [1.54, 1.807) is 0 Å². The number of amides is 2. The second kappa shape index (κ2) is 8.58. The van der Waals surface area contributed by atoms with Crippen LogP contribution in [-0.4, -0.2) is 22.0 Å². The summed E-state index contributed by atoms with van der Waals surface area (Å²) in [6, 6.07) is 1.83. The SMILES string of the molecule is CCCc1noc(CCC(=O)NNC(=O)c2cc(C)c(CC)s2)n1. The molecule has 8 heteroatoms. The number of nitrogens with zero attached hydrogens (tertiary/aromatic N) is 2. The van der Waals surface area contributed by atoms with Crippen LogP contribution in [0.5, 0.6) is 0 Å². The predicted octanol–water partition coefficient (Wildman–Crippen LogP) is 2.35. The van der Waals surface area contributed by atoms with E-state index in [1.807, 2.05) is 26.8 Å². The Bertz CT molecular complexity index is 708. The lowest BCUT2D eigenvalue weighted by Crippen LogP contribution is -2.41. The summed E-state index contributed by atoms with van der Waals surface area (Å²) < 4.78 is 5.06. The molecule has 130 valence electrons. The number of aromatic nitrogens is 2. The van der Waals surface area contributed by atoms with E-state index in [4.69, 9.17) is 4.52 Å². The zero-order valence-corrected chi connectivity index (χ0v) is 15.0. The van der Waals surface area contributed by atoms with Crippen LogP contribution in [0.15, 0.2) is 10.6 Å². The molecule has 0 aliphatic rings. The van der Waals surface area contributed by atoms with Crippen molar-refractivity contribution in [1.29, 1.82) is 0 Å². The molecule has 0 aromatic carbocycles. The Morgan fingerprint density at radius 3 is 2.71 bits per heavy atom. The van der Waals surface area contributed by atoms with Gasteiger partial charge < -0.3 is 4.52 Å². The number of thiophene rings is 1. The zero-order chi connectivity index (χ0) is 17.5. The molecule has 0 spiro atoms. The van der Waals surface area contributed by atoms with Gasteiger partial charge in [-0.25, -0.2) is 0 Å². The van der Waals surface area contributed by atoms with E-state index in [1.165, 1.54) is 16.2 Å². The van der Waals surface area contributed by atoms with Gasteiger partial charge in [0, 0.05) is 24.1 Å². The standard InChI is InChI=1S/C16H22N4O3S/c1-4-6-13-17-15(23-20-13)8-7-14(21)18-19-16(22)12-9-10(3)11(5-2)24-12/h9H,4-8H2,1-3H3,(H,18,21)(H,19,22). The summed E-state index contributed by atoms with van der Waals surface area (Å²) in [5, 5.41) is 3.83. The van der Waals surface area contributed by atoms with Crippen LogP contribution in [0.1, 0.15) is 58.5 Å². The zero-order valence-electron chi connectivity index (χ0n) is 14.1. The van der Waals surface area contributed by atoms with Crippen LogP contribution in [0.25, 0.3) is 0 Å². The third kappa shape index (κ3) is 4.89. The molecule has 0 unspecified atom stereocenters. The van der Waals surface area contributed by atoms with Gasteiger partial charge in [0.25, 0.3) is 5.91 Å². The predicted molar refractivity (Wildman–Crippen MR) is 90.7 cm³/mol. The first kappa shape index (κ1) is 18.1. The highest BCUT2D eigenvalue weighted by Crippen LogP contribution is 2.21. The third-order valence-electron chi connectivity index (χ3n) is 3.43. The van der Waals surface area contributed by atoms with Gasteiger partial charge >= 0.3 is 0 Å². The molecule has 0 fully saturated rings. The van der Waals surface area contributed by atoms with E-state index in [-0.39, 0.29) is 18.2 Å². The minimum absolute atomic E-state index is 0.164. The van der Waals surface area contributed by atoms with Gasteiger partial charge in [0.05, 0.1) is 4.88 Å². The molecule has 0 saturated heterocycles. The molecule has 0 bridgehead atoms. The molecule has 2 amide bonds. The molecule has 0 aliphatic carbocycles. The summed E-state index contributed by atoms with van der Waals surface area (Å²) in [6.07, 6.45) is 3.09. The Labute approximate surface area is 144 Å². The van der Waals surface area contributed by atoms with Gasteiger partial charge in [-0.3, -0.25) is 20.4 Å². The molecule has 2 rings (SSSR count). The molecule has 7 nitrogen and oxygen atoms in total. The minimum Gasteiger partial charge on any atom is -0.339 e. The molecule has 24 heavy (non-hydrogen) atoms. The van der Waals surface area contributed by atoms with Crippen LogP contribution in [0.2, 0.25) is 0 Å². The van der Waals surface area contributed by atoms with Crippen LogP contribution < -0.4 is 10.9 Å². The average molecular weight is 350 g/mol. The van der Waals surface area contributed by atoms with Crippen LogP contribution >= 0.6 is 11.3 Å². The molecule has 0 saturated carbocycles. The van der Waals surface area contributed by atoms with Gasteiger partial charge in [-0.05, 0) is 31.4 Å². The Morgan fingerprint density at radius 1 is 1.25 bits per heavy atom. The highest BCUT2D eigenvalue weighted by atomic mass is 32.1. The fourth-order valence-electron chi connectivity index (χ4n) is 2.17. The molecule has 2 aromatic heterocycles. The van der Waals surface area contributed by atoms with Gasteiger partial charge in [0.2, 0.25) is 11.8 Å². The number of hydrogen-bond donors (Lipinski definition) is 2. The van der Waals surface area contributed by atoms with Crippen LogP contribution in [0.4, 0.5) is 0 Å². The fourth-order valence-corrected chi connectivity index (χ4v) is 3.18. The number of nitrogens with one attached hydrogen (secondary N) is 2. The summed E-state index contributed by atoms with van der Waals surface area (Å²) >= 11 is 1.44. The monoisotopic (exact) mass is 350 g/mol. The topological polar surface area (TPSA) is 97.1 Å². The van der Waals surface area contributed by atoms with Gasteiger partial charge in [0.1, 0.15) is 0 Å². The van der Waals surface area contributed by atoms with Crippen molar-refractivity contribution < 1.29 is 14.1 Å². The lowest BCUT2D eigenvalue weighted by Gasteiger charge is -2.05. The maximum atomic E-state index is 12.0. The molecule has 0 aliphatic heterocycles. The fraction of sp³-hybridized carbons (Fsp3) is 0.500. The maximum Gasteiger partial charge on any atom is 0.279 e. The van der Waals surface area contributed by atoms with Crippen molar-refractivity contribution in [3.05, 3.63) is 33.1 Å². The quantitative estimate of drug-likeness (QED) is 0.747. The van der Waals surface area contributed by atoms with Crippen molar-refractivity contribution >= 4 is 23.2 Å². The Kier molecular flexibility index (Phi) is 6.48. The van der Waals surface area contributed by atoms with Crippen LogP contribution in [0, 0.1) is 6.92 Å². The molecule has 2 N–H and O–H groups in total. The molecule has 2 heterocycles. The van der Waals surface area contributed by atoms with Crippen LogP contribution in [-0.2, 0) is 24.1 Å². The lowest BCUT2D eigenvalue weighted by atomic mass is 10.2. The van der Waals surface area contributed by atoms with E-state index in [0.717, 1.165) is 24.8 Å². The number of carbonyl (C=O) groups is 2. The molecule has 2 aromatic rings. The Morgan fingerprint density at radius 2 is 2.04 bits per heavy atom. The van der Waals surface area contributed by atoms with Crippen molar-refractivity contribution in [3.63, 3.8) is 0 Å². The number of aryl methyl sites for hydroxylation is 4. The van der Waals surface area contributed by atoms with Gasteiger partial charge in [-0.2, -0.15) is 4.98 Å². The number of hydrazine groups is 1. The number of hydrogen-bond acceptors (Lipinski definition) is 6. The van der Waals surface area contributed by atoms with Crippen molar-refractivity contribution in [2.45, 2.75) is 52.9 Å². The van der Waals surface area contributed by atoms with Crippen molar-refractivity contribution in [3.8, 4) is 0 Å². The third-order valence-corrected chi connectivity index (χ3v) is 4.81. The summed E-state index contributed by atoms with van der Waals surface area (Å²) in [5.41, 5.74) is 5.93. The normalized spacial score (nSPS) is 10.6. The van der Waals surface area contributed by atoms with Gasteiger partial charge in [-0.15, -0.1) is 11.3 Å². The van der Waals surface area contributed by atoms with Crippen molar-refractivity contribution in [1.82, 2.24) is 21.0 Å². The highest BCUT2D eigenvalue weighted by molar-refractivity contribution is 7.14. The smallest absolute Gasteiger partial charge is 0.279 e. The summed E-state index contributed by atoms with van der Waals surface area (Å²) in [7, 11) is 0. The summed E-state index contributed by atoms with van der Waals surface area (Å²) in [5.74, 6) is 0.476. The van der Waals surface area contributed by atoms with E-state index < -0.39 is 0 Å². The highest BCUT2D eigenvalue weighted by Gasteiger charge is 2.13. The molecule has 0 radical (unpaired) electrons. The average Bonchev–Trinajstić information content (AvgIpc) is 3.17. The first-order valence-electron chi connectivity index (χ1n) is 8.03. The van der Waals surface area contributed by atoms with E-state index in [0.29, 0.717) is 23.0 Å². The first-order valence-corrected chi connectivity index (χ1v) is 8.85.